The fourth-order valence-electron chi connectivity index (χ4n) is 3.04. The summed E-state index contributed by atoms with van der Waals surface area (Å²) in [4.78, 5) is 12.5. The highest BCUT2D eigenvalue weighted by Crippen LogP contribution is 2.29. The van der Waals surface area contributed by atoms with Crippen molar-refractivity contribution in [2.24, 2.45) is 0 Å². The van der Waals surface area contributed by atoms with E-state index >= 15 is 0 Å². The smallest absolute Gasteiger partial charge is 0.251 e. The van der Waals surface area contributed by atoms with Gasteiger partial charge in [-0.1, -0.05) is 36.4 Å². The second-order valence-electron chi connectivity index (χ2n) is 7.22. The van der Waals surface area contributed by atoms with E-state index in [-0.39, 0.29) is 17.7 Å². The normalized spacial score (nSPS) is 12.7. The zero-order chi connectivity index (χ0) is 22.4. The molecule has 0 aliphatic carbocycles. The first-order valence-corrected chi connectivity index (χ1v) is 9.61. The highest BCUT2D eigenvalue weighted by atomic mass is 19.1. The minimum atomic E-state index is -1.73. The van der Waals surface area contributed by atoms with Crippen molar-refractivity contribution in [2.75, 3.05) is 13.7 Å². The molecular weight excluding hydrogens is 404 g/mol. The van der Waals surface area contributed by atoms with Crippen LogP contribution in [0.25, 0.3) is 0 Å². The highest BCUT2D eigenvalue weighted by molar-refractivity contribution is 5.94. The second-order valence-corrected chi connectivity index (χ2v) is 7.22. The molecule has 0 saturated heterocycles. The Bertz CT molecular complexity index is 1050. The van der Waals surface area contributed by atoms with E-state index in [0.29, 0.717) is 24.2 Å². The Morgan fingerprint density at radius 2 is 1.77 bits per heavy atom. The summed E-state index contributed by atoms with van der Waals surface area (Å²) in [7, 11) is 1.47. The van der Waals surface area contributed by atoms with Gasteiger partial charge in [-0.2, -0.15) is 0 Å². The third kappa shape index (κ3) is 5.58. The van der Waals surface area contributed by atoms with Crippen LogP contribution in [0.5, 0.6) is 11.5 Å². The van der Waals surface area contributed by atoms with Crippen LogP contribution in [0.4, 0.5) is 8.78 Å². The van der Waals surface area contributed by atoms with Crippen molar-refractivity contribution in [3.63, 3.8) is 0 Å². The molecule has 0 radical (unpaired) electrons. The van der Waals surface area contributed by atoms with Crippen molar-refractivity contribution in [3.05, 3.63) is 95.1 Å². The number of amides is 1. The fraction of sp³-hybridized carbons (Fsp3) is 0.208. The molecule has 2 N–H and O–H groups in total. The number of ether oxygens (including phenoxy) is 2. The number of nitrogens with one attached hydrogen (secondary N) is 1. The molecule has 1 amide bonds. The van der Waals surface area contributed by atoms with E-state index < -0.39 is 23.1 Å². The number of carbonyl (C=O) groups is 1. The number of methoxy groups -OCH3 is 1. The van der Waals surface area contributed by atoms with Crippen molar-refractivity contribution < 1.29 is 28.2 Å². The Morgan fingerprint density at radius 3 is 2.45 bits per heavy atom. The minimum absolute atomic E-state index is 0.114. The van der Waals surface area contributed by atoms with Gasteiger partial charge in [0.2, 0.25) is 0 Å². The van der Waals surface area contributed by atoms with Crippen molar-refractivity contribution >= 4 is 5.91 Å². The van der Waals surface area contributed by atoms with Crippen LogP contribution in [0.3, 0.4) is 0 Å². The summed E-state index contributed by atoms with van der Waals surface area (Å²) in [6.07, 6.45) is 0. The van der Waals surface area contributed by atoms with E-state index in [1.165, 1.54) is 20.1 Å². The summed E-state index contributed by atoms with van der Waals surface area (Å²) in [5, 5.41) is 13.1. The monoisotopic (exact) mass is 427 g/mol. The van der Waals surface area contributed by atoms with Gasteiger partial charge < -0.3 is 19.9 Å². The summed E-state index contributed by atoms with van der Waals surface area (Å²) in [5.74, 6) is -1.28. The van der Waals surface area contributed by atoms with Gasteiger partial charge in [0.25, 0.3) is 5.91 Å². The molecule has 0 aromatic heterocycles. The lowest BCUT2D eigenvalue weighted by molar-refractivity contribution is 0.0494. The maximum absolute atomic E-state index is 14.0. The number of hydrogen-bond donors (Lipinski definition) is 2. The molecule has 7 heteroatoms. The Morgan fingerprint density at radius 1 is 1.03 bits per heavy atom. The SMILES string of the molecule is COc1cc(C(=O)NCC(C)(O)c2ccc(F)cc2F)ccc1OCc1ccccc1. The lowest BCUT2D eigenvalue weighted by Gasteiger charge is -2.25. The third-order valence-corrected chi connectivity index (χ3v) is 4.77. The van der Waals surface area contributed by atoms with E-state index in [1.807, 2.05) is 30.3 Å². The zero-order valence-electron chi connectivity index (χ0n) is 17.2. The lowest BCUT2D eigenvalue weighted by atomic mass is 9.95. The summed E-state index contributed by atoms with van der Waals surface area (Å²) >= 11 is 0. The lowest BCUT2D eigenvalue weighted by Crippen LogP contribution is -2.39. The first kappa shape index (κ1) is 22.2. The van der Waals surface area contributed by atoms with Gasteiger partial charge in [0, 0.05) is 17.2 Å². The molecule has 31 heavy (non-hydrogen) atoms. The molecule has 3 rings (SSSR count). The van der Waals surface area contributed by atoms with Crippen molar-refractivity contribution in [1.29, 1.82) is 0 Å². The predicted molar refractivity (Wildman–Crippen MR) is 112 cm³/mol. The first-order valence-electron chi connectivity index (χ1n) is 9.61. The van der Waals surface area contributed by atoms with Gasteiger partial charge in [0.15, 0.2) is 11.5 Å². The van der Waals surface area contributed by atoms with Gasteiger partial charge in [0.1, 0.15) is 23.8 Å². The summed E-state index contributed by atoms with van der Waals surface area (Å²) in [6, 6.07) is 17.2. The summed E-state index contributed by atoms with van der Waals surface area (Å²) < 4.78 is 38.2. The largest absolute Gasteiger partial charge is 0.493 e. The van der Waals surface area contributed by atoms with Crippen LogP contribution in [0.1, 0.15) is 28.4 Å². The van der Waals surface area contributed by atoms with E-state index in [9.17, 15) is 18.7 Å². The van der Waals surface area contributed by atoms with Crippen LogP contribution >= 0.6 is 0 Å². The molecule has 0 fully saturated rings. The molecule has 0 heterocycles. The zero-order valence-corrected chi connectivity index (χ0v) is 17.2. The van der Waals surface area contributed by atoms with Gasteiger partial charge in [-0.3, -0.25) is 4.79 Å². The van der Waals surface area contributed by atoms with Crippen molar-refractivity contribution in [1.82, 2.24) is 5.32 Å². The van der Waals surface area contributed by atoms with Crippen LogP contribution in [0, 0.1) is 11.6 Å². The van der Waals surface area contributed by atoms with Crippen molar-refractivity contribution in [3.8, 4) is 11.5 Å². The van der Waals surface area contributed by atoms with Gasteiger partial charge in [-0.05, 0) is 36.8 Å². The third-order valence-electron chi connectivity index (χ3n) is 4.77. The number of aliphatic hydroxyl groups is 1. The molecule has 0 bridgehead atoms. The van der Waals surface area contributed by atoms with Gasteiger partial charge in [-0.25, -0.2) is 8.78 Å². The summed E-state index contributed by atoms with van der Waals surface area (Å²) in [5.41, 5.74) is -0.576. The van der Waals surface area contributed by atoms with Gasteiger partial charge in [0.05, 0.1) is 13.7 Å². The maximum atomic E-state index is 14.0. The molecule has 0 aliphatic heterocycles. The molecule has 0 saturated carbocycles. The first-order chi connectivity index (χ1) is 14.8. The predicted octanol–water partition coefficient (Wildman–Crippen LogP) is 4.19. The maximum Gasteiger partial charge on any atom is 0.251 e. The fourth-order valence-corrected chi connectivity index (χ4v) is 3.04. The molecule has 1 unspecified atom stereocenters. The molecule has 3 aromatic carbocycles. The van der Waals surface area contributed by atoms with Crippen LogP contribution < -0.4 is 14.8 Å². The Labute approximate surface area is 179 Å². The number of halogens is 2. The number of rotatable bonds is 8. The van der Waals surface area contributed by atoms with E-state index in [0.717, 1.165) is 17.7 Å². The molecule has 162 valence electrons. The van der Waals surface area contributed by atoms with Crippen LogP contribution in [-0.2, 0) is 12.2 Å². The number of carbonyl (C=O) groups excluding carboxylic acids is 1. The van der Waals surface area contributed by atoms with Gasteiger partial charge in [-0.15, -0.1) is 0 Å². The molecule has 0 spiro atoms. The minimum Gasteiger partial charge on any atom is -0.493 e. The molecular formula is C24H23F2NO4. The summed E-state index contributed by atoms with van der Waals surface area (Å²) in [6.45, 7) is 1.41. The number of hydrogen-bond acceptors (Lipinski definition) is 4. The standard InChI is InChI=1S/C24H23F2NO4/c1-24(29,19-10-9-18(25)13-20(19)26)15-27-23(28)17-8-11-21(22(12-17)30-2)31-14-16-6-4-3-5-7-16/h3-13,29H,14-15H2,1-2H3,(H,27,28). The molecule has 5 nitrogen and oxygen atoms in total. The van der Waals surface area contributed by atoms with Crippen LogP contribution in [-0.4, -0.2) is 24.7 Å². The molecule has 3 aromatic rings. The quantitative estimate of drug-likeness (QED) is 0.566. The average Bonchev–Trinajstić information content (AvgIpc) is 2.76. The topological polar surface area (TPSA) is 67.8 Å². The van der Waals surface area contributed by atoms with E-state index in [2.05, 4.69) is 5.32 Å². The van der Waals surface area contributed by atoms with Crippen molar-refractivity contribution in [2.45, 2.75) is 19.1 Å². The average molecular weight is 427 g/mol. The van der Waals surface area contributed by atoms with Gasteiger partial charge >= 0.3 is 0 Å². The van der Waals surface area contributed by atoms with Crippen LogP contribution in [0.2, 0.25) is 0 Å². The Kier molecular flexibility index (Phi) is 6.87. The van der Waals surface area contributed by atoms with Crippen LogP contribution in [0.15, 0.2) is 66.7 Å². The molecule has 1 atom stereocenters. The highest BCUT2D eigenvalue weighted by Gasteiger charge is 2.27. The molecule has 0 aliphatic rings. The van der Waals surface area contributed by atoms with E-state index in [4.69, 9.17) is 9.47 Å². The Balaban J connectivity index is 1.67. The second kappa shape index (κ2) is 9.57. The number of benzene rings is 3. The Hall–Kier alpha value is -3.45. The van der Waals surface area contributed by atoms with E-state index in [1.54, 1.807) is 12.1 Å².